The predicted octanol–water partition coefficient (Wildman–Crippen LogP) is 3.86. The maximum absolute atomic E-state index is 12.6. The van der Waals surface area contributed by atoms with E-state index in [2.05, 4.69) is 5.32 Å². The average Bonchev–Trinajstić information content (AvgIpc) is 2.89. The number of hydrogen-bond acceptors (Lipinski definition) is 2. The summed E-state index contributed by atoms with van der Waals surface area (Å²) in [6.07, 6.45) is 2.55. The number of rotatable bonds is 3. The summed E-state index contributed by atoms with van der Waals surface area (Å²) in [7, 11) is 1.81. The fourth-order valence-corrected chi connectivity index (χ4v) is 3.69. The third kappa shape index (κ3) is 3.10. The van der Waals surface area contributed by atoms with Crippen LogP contribution in [0.15, 0.2) is 18.2 Å². The largest absolute Gasteiger partial charge is 0.481 e. The lowest BCUT2D eigenvalue weighted by atomic mass is 9.86. The zero-order valence-corrected chi connectivity index (χ0v) is 14.7. The first kappa shape index (κ1) is 17.1. The molecule has 1 amide bonds. The number of nitrogens with one attached hydrogen (secondary N) is 1. The Morgan fingerprint density at radius 3 is 2.50 bits per heavy atom. The van der Waals surface area contributed by atoms with Crippen molar-refractivity contribution in [3.63, 3.8) is 0 Å². The molecule has 0 saturated heterocycles. The number of benzene rings is 1. The van der Waals surface area contributed by atoms with Crippen molar-refractivity contribution in [1.82, 2.24) is 9.88 Å². The number of carboxylic acid groups (broad SMARTS) is 1. The highest BCUT2D eigenvalue weighted by atomic mass is 35.5. The van der Waals surface area contributed by atoms with E-state index >= 15 is 0 Å². The first-order chi connectivity index (χ1) is 11.4. The lowest BCUT2D eigenvalue weighted by Crippen LogP contribution is -2.39. The van der Waals surface area contributed by atoms with Crippen LogP contribution in [0, 0.1) is 5.92 Å². The van der Waals surface area contributed by atoms with E-state index in [1.165, 1.54) is 0 Å². The molecule has 24 heavy (non-hydrogen) atoms. The molecule has 1 saturated carbocycles. The van der Waals surface area contributed by atoms with Crippen molar-refractivity contribution in [2.45, 2.75) is 31.7 Å². The first-order valence-electron chi connectivity index (χ1n) is 7.85. The second kappa shape index (κ2) is 6.65. The minimum Gasteiger partial charge on any atom is -0.481 e. The number of fused-ring (bicyclic) bond motifs is 1. The fourth-order valence-electron chi connectivity index (χ4n) is 3.31. The van der Waals surface area contributed by atoms with Crippen LogP contribution in [-0.4, -0.2) is 27.6 Å². The number of halogens is 2. The van der Waals surface area contributed by atoms with E-state index in [0.717, 1.165) is 10.9 Å². The maximum atomic E-state index is 12.6. The first-order valence-corrected chi connectivity index (χ1v) is 8.61. The van der Waals surface area contributed by atoms with Gasteiger partial charge in [-0.1, -0.05) is 23.2 Å². The number of carbonyl (C=O) groups excluding carboxylic acids is 1. The van der Waals surface area contributed by atoms with Crippen LogP contribution in [0.1, 0.15) is 36.2 Å². The Morgan fingerprint density at radius 2 is 1.88 bits per heavy atom. The Balaban J connectivity index is 1.76. The third-order valence-corrected chi connectivity index (χ3v) is 5.58. The summed E-state index contributed by atoms with van der Waals surface area (Å²) < 4.78 is 1.79. The molecule has 0 spiro atoms. The van der Waals surface area contributed by atoms with Gasteiger partial charge >= 0.3 is 5.97 Å². The van der Waals surface area contributed by atoms with Gasteiger partial charge in [-0.25, -0.2) is 0 Å². The topological polar surface area (TPSA) is 71.3 Å². The van der Waals surface area contributed by atoms with Gasteiger partial charge in [0, 0.05) is 24.0 Å². The Kier molecular flexibility index (Phi) is 4.74. The summed E-state index contributed by atoms with van der Waals surface area (Å²) >= 11 is 12.3. The predicted molar refractivity (Wildman–Crippen MR) is 93.8 cm³/mol. The van der Waals surface area contributed by atoms with Crippen LogP contribution in [0.3, 0.4) is 0 Å². The van der Waals surface area contributed by atoms with Crippen molar-refractivity contribution in [2.24, 2.45) is 13.0 Å². The molecule has 1 aromatic heterocycles. The van der Waals surface area contributed by atoms with Gasteiger partial charge in [0.1, 0.15) is 5.69 Å². The molecule has 1 fully saturated rings. The van der Waals surface area contributed by atoms with Gasteiger partial charge in [0.15, 0.2) is 0 Å². The number of aromatic nitrogens is 1. The standard InChI is InChI=1S/C17H18Cl2N2O3/c1-21-13-7-6-12(18)15(19)11(13)8-14(21)16(22)20-10-4-2-9(3-5-10)17(23)24/h6-10H,2-5H2,1H3,(H,20,22)(H,23,24). The zero-order valence-electron chi connectivity index (χ0n) is 13.2. The van der Waals surface area contributed by atoms with Crippen molar-refractivity contribution in [2.75, 3.05) is 0 Å². The maximum Gasteiger partial charge on any atom is 0.306 e. The number of aryl methyl sites for hydroxylation is 1. The molecule has 128 valence electrons. The second-order valence-corrected chi connectivity index (χ2v) is 7.03. The lowest BCUT2D eigenvalue weighted by Gasteiger charge is -2.26. The van der Waals surface area contributed by atoms with E-state index in [-0.39, 0.29) is 17.9 Å². The fraction of sp³-hybridized carbons (Fsp3) is 0.412. The van der Waals surface area contributed by atoms with Gasteiger partial charge in [-0.3, -0.25) is 9.59 Å². The summed E-state index contributed by atoms with van der Waals surface area (Å²) in [5.41, 5.74) is 1.35. The van der Waals surface area contributed by atoms with Gasteiger partial charge in [0.05, 0.1) is 16.0 Å². The van der Waals surface area contributed by atoms with Gasteiger partial charge < -0.3 is 15.0 Å². The number of nitrogens with zero attached hydrogens (tertiary/aromatic N) is 1. The molecule has 7 heteroatoms. The Hall–Kier alpha value is -1.72. The van der Waals surface area contributed by atoms with Crippen molar-refractivity contribution in [3.05, 3.63) is 33.9 Å². The van der Waals surface area contributed by atoms with Crippen LogP contribution in [-0.2, 0) is 11.8 Å². The van der Waals surface area contributed by atoms with E-state index in [1.807, 2.05) is 13.1 Å². The highest BCUT2D eigenvalue weighted by molar-refractivity contribution is 6.45. The van der Waals surface area contributed by atoms with Gasteiger partial charge in [-0.15, -0.1) is 0 Å². The molecular weight excluding hydrogens is 351 g/mol. The SMILES string of the molecule is Cn1c(C(=O)NC2CCC(C(=O)O)CC2)cc2c(Cl)c(Cl)ccc21. The molecule has 0 radical (unpaired) electrons. The Labute approximate surface area is 149 Å². The molecule has 2 N–H and O–H groups in total. The number of carbonyl (C=O) groups is 2. The highest BCUT2D eigenvalue weighted by Gasteiger charge is 2.27. The Bertz CT molecular complexity index is 808. The molecule has 1 aliphatic carbocycles. The normalized spacial score (nSPS) is 21.0. The molecule has 5 nitrogen and oxygen atoms in total. The van der Waals surface area contributed by atoms with Crippen LogP contribution in [0.25, 0.3) is 10.9 Å². The second-order valence-electron chi connectivity index (χ2n) is 6.24. The average molecular weight is 369 g/mol. The monoisotopic (exact) mass is 368 g/mol. The molecule has 0 atom stereocenters. The van der Waals surface area contributed by atoms with E-state index in [9.17, 15) is 9.59 Å². The number of aliphatic carboxylic acids is 1. The van der Waals surface area contributed by atoms with Crippen molar-refractivity contribution >= 4 is 46.0 Å². The minimum absolute atomic E-state index is 0.00479. The summed E-state index contributed by atoms with van der Waals surface area (Å²) in [5.74, 6) is -1.23. The smallest absolute Gasteiger partial charge is 0.306 e. The van der Waals surface area contributed by atoms with Crippen molar-refractivity contribution in [3.8, 4) is 0 Å². The van der Waals surface area contributed by atoms with E-state index in [4.69, 9.17) is 28.3 Å². The van der Waals surface area contributed by atoms with Gasteiger partial charge in [0.25, 0.3) is 5.91 Å². The molecular formula is C17H18Cl2N2O3. The van der Waals surface area contributed by atoms with Crippen LogP contribution in [0.2, 0.25) is 10.0 Å². The van der Waals surface area contributed by atoms with Crippen molar-refractivity contribution < 1.29 is 14.7 Å². The molecule has 1 aliphatic rings. The molecule has 1 heterocycles. The zero-order chi connectivity index (χ0) is 17.4. The molecule has 0 bridgehead atoms. The summed E-state index contributed by atoms with van der Waals surface area (Å²) in [4.78, 5) is 23.6. The van der Waals surface area contributed by atoms with Crippen LogP contribution < -0.4 is 5.32 Å². The molecule has 3 rings (SSSR count). The summed E-state index contributed by atoms with van der Waals surface area (Å²) in [6.45, 7) is 0. The number of hydrogen-bond donors (Lipinski definition) is 2. The number of amides is 1. The van der Waals surface area contributed by atoms with E-state index < -0.39 is 5.97 Å². The highest BCUT2D eigenvalue weighted by Crippen LogP contribution is 2.32. The quantitative estimate of drug-likeness (QED) is 0.863. The molecule has 0 aliphatic heterocycles. The Morgan fingerprint density at radius 1 is 1.21 bits per heavy atom. The summed E-state index contributed by atoms with van der Waals surface area (Å²) in [5, 5.41) is 13.7. The summed E-state index contributed by atoms with van der Waals surface area (Å²) in [6, 6.07) is 5.28. The van der Waals surface area contributed by atoms with Gasteiger partial charge in [-0.2, -0.15) is 0 Å². The minimum atomic E-state index is -0.750. The van der Waals surface area contributed by atoms with Crippen molar-refractivity contribution in [1.29, 1.82) is 0 Å². The lowest BCUT2D eigenvalue weighted by molar-refractivity contribution is -0.142. The third-order valence-electron chi connectivity index (χ3n) is 4.76. The van der Waals surface area contributed by atoms with Crippen LogP contribution in [0.5, 0.6) is 0 Å². The molecule has 2 aromatic rings. The number of carboxylic acids is 1. The van der Waals surface area contributed by atoms with Crippen LogP contribution >= 0.6 is 23.2 Å². The molecule has 1 aromatic carbocycles. The molecule has 0 unspecified atom stereocenters. The van der Waals surface area contributed by atoms with Crippen LogP contribution in [0.4, 0.5) is 0 Å². The van der Waals surface area contributed by atoms with Gasteiger partial charge in [0.2, 0.25) is 0 Å². The van der Waals surface area contributed by atoms with E-state index in [1.54, 1.807) is 16.7 Å². The van der Waals surface area contributed by atoms with E-state index in [0.29, 0.717) is 41.4 Å². The van der Waals surface area contributed by atoms with Gasteiger partial charge in [-0.05, 0) is 43.9 Å².